The molecule has 0 aromatic heterocycles. The van der Waals surface area contributed by atoms with Gasteiger partial charge in [-0.3, -0.25) is 9.59 Å². The van der Waals surface area contributed by atoms with E-state index in [1.54, 1.807) is 27.7 Å². The number of esters is 1. The van der Waals surface area contributed by atoms with Gasteiger partial charge in [-0.1, -0.05) is 39.8 Å². The molecule has 1 amide bonds. The maximum Gasteiger partial charge on any atom is 0.312 e. The number of nitrogens with one attached hydrogen (secondary N) is 1. The third-order valence-corrected chi connectivity index (χ3v) is 12.5. The molecule has 11 N–H and O–H groups in total. The van der Waals surface area contributed by atoms with Crippen LogP contribution >= 0.6 is 0 Å². The van der Waals surface area contributed by atoms with Crippen LogP contribution in [0.3, 0.4) is 0 Å². The number of aliphatic hydroxyl groups excluding tert-OH is 8. The van der Waals surface area contributed by atoms with Crippen LogP contribution in [0.5, 0.6) is 0 Å². The van der Waals surface area contributed by atoms with Crippen molar-refractivity contribution < 1.29 is 88.4 Å². The molecule has 0 saturated carbocycles. The van der Waals surface area contributed by atoms with E-state index in [0.717, 1.165) is 0 Å². The van der Waals surface area contributed by atoms with Crippen LogP contribution in [0.4, 0.5) is 0 Å². The molecule has 4 rings (SSSR count). The Kier molecular flexibility index (Phi) is 17.4. The second kappa shape index (κ2) is 20.5. The molecule has 16 atom stereocenters. The molecule has 0 aromatic rings. The normalized spacial score (nSPS) is 36.9. The van der Waals surface area contributed by atoms with Crippen LogP contribution in [-0.2, 0) is 47.6 Å². The Labute approximate surface area is 363 Å². The van der Waals surface area contributed by atoms with Gasteiger partial charge in [-0.25, -0.2) is 0 Å². The molecule has 4 saturated heterocycles. The van der Waals surface area contributed by atoms with Gasteiger partial charge in [0.05, 0.1) is 60.9 Å². The van der Waals surface area contributed by atoms with Crippen LogP contribution in [0.2, 0.25) is 0 Å². The van der Waals surface area contributed by atoms with Gasteiger partial charge < -0.3 is 89.9 Å². The van der Waals surface area contributed by atoms with Gasteiger partial charge in [-0.05, 0) is 58.4 Å². The number of ether oxygens (including phenoxy) is 7. The SMILES string of the molecule is CC(C)(C)CC(C)(C(=O)OCCNC(=O)CON=CC1OC(C(C)(C)OC2OC(CC(C)(C)OC3OC(CO)C(O)C(O)C3O)C(O)C(O)C2O)C2OCC2C1O)C(C)(C)CN. The van der Waals surface area contributed by atoms with Gasteiger partial charge in [-0.2, -0.15) is 0 Å². The van der Waals surface area contributed by atoms with Gasteiger partial charge in [0, 0.05) is 12.3 Å². The highest BCUT2D eigenvalue weighted by Gasteiger charge is 2.58. The zero-order valence-electron chi connectivity index (χ0n) is 37.6. The summed E-state index contributed by atoms with van der Waals surface area (Å²) in [5.41, 5.74) is 1.82. The third kappa shape index (κ3) is 12.2. The molecule has 16 unspecified atom stereocenters. The number of fused-ring (bicyclic) bond motifs is 1. The highest BCUT2D eigenvalue weighted by Crippen LogP contribution is 2.47. The number of amides is 1. The number of carbonyl (C=O) groups excluding carboxylic acids is 2. The average molecular weight is 896 g/mol. The molecule has 4 fully saturated rings. The first-order valence-corrected chi connectivity index (χ1v) is 21.2. The van der Waals surface area contributed by atoms with Crippen LogP contribution in [0, 0.1) is 22.2 Å². The maximum atomic E-state index is 13.3. The van der Waals surface area contributed by atoms with E-state index in [0.29, 0.717) is 6.42 Å². The van der Waals surface area contributed by atoms with E-state index >= 15 is 0 Å². The summed E-state index contributed by atoms with van der Waals surface area (Å²) in [7, 11) is 0. The Morgan fingerprint density at radius 2 is 1.37 bits per heavy atom. The zero-order valence-corrected chi connectivity index (χ0v) is 37.6. The average Bonchev–Trinajstić information content (AvgIpc) is 3.16. The molecule has 0 aliphatic carbocycles. The number of oxime groups is 1. The number of nitrogens with zero attached hydrogens (tertiary/aromatic N) is 1. The van der Waals surface area contributed by atoms with Gasteiger partial charge in [0.1, 0.15) is 61.5 Å². The standard InChI is InChI=1S/C41H73N3O18/c1-37(2,3)18-41(10,38(4,5)19-42)36(54)55-12-11-43-24(46)17-57-44-14-22-25(47)20-16-56-32(20)33(58-22)40(8,9)62-35-31(53)28(50)26(48)21(59-35)13-39(6,7)61-34-30(52)29(51)27(49)23(15-45)60-34/h14,20-23,25-35,45,47-53H,11-13,15-19,42H2,1-10H3,(H,43,46). The Balaban J connectivity index is 1.31. The summed E-state index contributed by atoms with van der Waals surface area (Å²) in [6, 6.07) is 0. The number of carbonyl (C=O) groups is 2. The van der Waals surface area contributed by atoms with Crippen molar-refractivity contribution in [2.75, 3.05) is 39.5 Å². The molecule has 62 heavy (non-hydrogen) atoms. The first kappa shape index (κ1) is 52.4. The molecule has 21 nitrogen and oxygen atoms in total. The fourth-order valence-electron chi connectivity index (χ4n) is 8.35. The van der Waals surface area contributed by atoms with Crippen LogP contribution < -0.4 is 11.1 Å². The second-order valence-corrected chi connectivity index (χ2v) is 20.2. The smallest absolute Gasteiger partial charge is 0.312 e. The van der Waals surface area contributed by atoms with Crippen LogP contribution in [0.1, 0.15) is 82.1 Å². The van der Waals surface area contributed by atoms with Gasteiger partial charge in [-0.15, -0.1) is 0 Å². The molecule has 4 heterocycles. The summed E-state index contributed by atoms with van der Waals surface area (Å²) < 4.78 is 41.2. The molecule has 0 bridgehead atoms. The van der Waals surface area contributed by atoms with Gasteiger partial charge >= 0.3 is 5.97 Å². The lowest BCUT2D eigenvalue weighted by molar-refractivity contribution is -0.362. The van der Waals surface area contributed by atoms with E-state index in [4.69, 9.17) is 43.7 Å². The quantitative estimate of drug-likeness (QED) is 0.0285. The fourth-order valence-corrected chi connectivity index (χ4v) is 8.35. The molecule has 360 valence electrons. The molecular formula is C41H73N3O18. The highest BCUT2D eigenvalue weighted by molar-refractivity contribution is 5.78. The fraction of sp³-hybridized carbons (Fsp3) is 0.927. The largest absolute Gasteiger partial charge is 0.463 e. The Hall–Kier alpha value is -2.19. The van der Waals surface area contributed by atoms with E-state index in [-0.39, 0.29) is 38.1 Å². The summed E-state index contributed by atoms with van der Waals surface area (Å²) in [5.74, 6) is -1.36. The third-order valence-electron chi connectivity index (χ3n) is 12.5. The minimum atomic E-state index is -1.74. The van der Waals surface area contributed by atoms with Crippen molar-refractivity contribution in [3.8, 4) is 0 Å². The van der Waals surface area contributed by atoms with Crippen molar-refractivity contribution in [3.05, 3.63) is 0 Å². The Bertz CT molecular complexity index is 1510. The van der Waals surface area contributed by atoms with Crippen LogP contribution in [-0.4, -0.2) is 195 Å². The minimum Gasteiger partial charge on any atom is -0.463 e. The van der Waals surface area contributed by atoms with Crippen molar-refractivity contribution >= 4 is 18.1 Å². The van der Waals surface area contributed by atoms with Crippen LogP contribution in [0.25, 0.3) is 0 Å². The van der Waals surface area contributed by atoms with E-state index in [9.17, 15) is 50.4 Å². The predicted molar refractivity (Wildman–Crippen MR) is 217 cm³/mol. The summed E-state index contributed by atoms with van der Waals surface area (Å²) in [6.45, 7) is 17.5. The molecule has 4 aliphatic heterocycles. The maximum absolute atomic E-state index is 13.3. The minimum absolute atomic E-state index is 0.0282. The lowest BCUT2D eigenvalue weighted by atomic mass is 9.60. The summed E-state index contributed by atoms with van der Waals surface area (Å²) in [5, 5.41) is 90.7. The molecule has 0 aromatic carbocycles. The molecule has 4 aliphatic rings. The van der Waals surface area contributed by atoms with E-state index in [2.05, 4.69) is 10.5 Å². The number of hydrogen-bond donors (Lipinski definition) is 10. The number of aliphatic hydroxyl groups is 8. The van der Waals surface area contributed by atoms with Crippen molar-refractivity contribution in [2.24, 2.45) is 33.1 Å². The predicted octanol–water partition coefficient (Wildman–Crippen LogP) is -2.19. The van der Waals surface area contributed by atoms with Crippen LogP contribution in [0.15, 0.2) is 5.16 Å². The summed E-state index contributed by atoms with van der Waals surface area (Å²) in [6.07, 6.45) is -17.6. The van der Waals surface area contributed by atoms with Gasteiger partial charge in [0.15, 0.2) is 19.2 Å². The summed E-state index contributed by atoms with van der Waals surface area (Å²) >= 11 is 0. The Morgan fingerprint density at radius 3 is 1.92 bits per heavy atom. The molecule has 21 heteroatoms. The first-order valence-electron chi connectivity index (χ1n) is 21.2. The van der Waals surface area contributed by atoms with Gasteiger partial charge in [0.25, 0.3) is 5.91 Å². The topological polar surface area (TPSA) is 320 Å². The number of nitrogens with two attached hydrogens (primary N) is 1. The van der Waals surface area contributed by atoms with Crippen molar-refractivity contribution in [3.63, 3.8) is 0 Å². The van der Waals surface area contributed by atoms with E-state index in [1.807, 2.05) is 41.5 Å². The number of rotatable bonds is 19. The van der Waals surface area contributed by atoms with Crippen molar-refractivity contribution in [2.45, 2.75) is 179 Å². The highest BCUT2D eigenvalue weighted by atomic mass is 16.7. The lowest BCUT2D eigenvalue weighted by Crippen LogP contribution is -2.69. The zero-order chi connectivity index (χ0) is 46.7. The van der Waals surface area contributed by atoms with Crippen molar-refractivity contribution in [1.29, 1.82) is 0 Å². The monoisotopic (exact) mass is 895 g/mol. The van der Waals surface area contributed by atoms with Crippen molar-refractivity contribution in [1.82, 2.24) is 5.32 Å². The molecule has 0 radical (unpaired) electrons. The Morgan fingerprint density at radius 1 is 0.790 bits per heavy atom. The molecular weight excluding hydrogens is 822 g/mol. The number of hydrogen-bond acceptors (Lipinski definition) is 20. The molecule has 0 spiro atoms. The summed E-state index contributed by atoms with van der Waals surface area (Å²) in [4.78, 5) is 30.9. The first-order chi connectivity index (χ1) is 28.6. The second-order valence-electron chi connectivity index (χ2n) is 20.2. The van der Waals surface area contributed by atoms with Gasteiger partial charge in [0.2, 0.25) is 0 Å². The van der Waals surface area contributed by atoms with E-state index in [1.165, 1.54) is 6.21 Å². The lowest BCUT2D eigenvalue weighted by Gasteiger charge is -2.55. The van der Waals surface area contributed by atoms with E-state index < -0.39 is 139 Å².